The number of anilines is 1. The summed E-state index contributed by atoms with van der Waals surface area (Å²) in [6.45, 7) is 6.80. The zero-order valence-corrected chi connectivity index (χ0v) is 17.4. The number of aromatic nitrogens is 1. The molecule has 1 N–H and O–H groups in total. The average molecular weight is 390 g/mol. The summed E-state index contributed by atoms with van der Waals surface area (Å²) in [5.41, 5.74) is 5.63. The first kappa shape index (κ1) is 19.4. The summed E-state index contributed by atoms with van der Waals surface area (Å²) in [6, 6.07) is 12.9. The number of nitrogens with zero attached hydrogens (tertiary/aromatic N) is 3. The molecule has 5 heteroatoms. The summed E-state index contributed by atoms with van der Waals surface area (Å²) in [7, 11) is 0. The highest BCUT2D eigenvalue weighted by atomic mass is 16.2. The number of benzene rings is 1. The topological polar surface area (TPSA) is 61.5 Å². The Hall–Kier alpha value is -2.87. The number of nitriles is 1. The number of piperazine rings is 1. The minimum absolute atomic E-state index is 0.0243. The lowest BCUT2D eigenvalue weighted by Gasteiger charge is -2.33. The van der Waals surface area contributed by atoms with Crippen molar-refractivity contribution < 1.29 is 9.78 Å². The second-order valence-electron chi connectivity index (χ2n) is 8.33. The van der Waals surface area contributed by atoms with Gasteiger partial charge < -0.3 is 4.90 Å². The molecule has 29 heavy (non-hydrogen) atoms. The third-order valence-corrected chi connectivity index (χ3v) is 6.13. The monoisotopic (exact) mass is 389 g/mol. The van der Waals surface area contributed by atoms with Gasteiger partial charge in [-0.1, -0.05) is 44.2 Å². The van der Waals surface area contributed by atoms with Crippen molar-refractivity contribution in [3.63, 3.8) is 0 Å². The minimum Gasteiger partial charge on any atom is -0.335 e. The van der Waals surface area contributed by atoms with Gasteiger partial charge in [-0.2, -0.15) is 5.26 Å². The molecule has 1 saturated heterocycles. The molecule has 1 fully saturated rings. The number of carbonyl (C=O) groups excluding carboxylic acids is 1. The van der Waals surface area contributed by atoms with Crippen LogP contribution in [-0.4, -0.2) is 37.0 Å². The molecule has 5 nitrogen and oxygen atoms in total. The fraction of sp³-hybridized carbons (Fsp3) is 0.458. The van der Waals surface area contributed by atoms with Crippen LogP contribution in [-0.2, 0) is 17.6 Å². The molecule has 0 unspecified atom stereocenters. The number of amides is 1. The minimum atomic E-state index is 0.0243. The molecule has 1 aromatic heterocycles. The van der Waals surface area contributed by atoms with Crippen molar-refractivity contribution in [3.8, 4) is 17.3 Å². The quantitative estimate of drug-likeness (QED) is 0.810. The van der Waals surface area contributed by atoms with E-state index in [9.17, 15) is 10.1 Å². The Morgan fingerprint density at radius 2 is 1.69 bits per heavy atom. The van der Waals surface area contributed by atoms with Crippen molar-refractivity contribution in [2.24, 2.45) is 5.92 Å². The molecule has 2 aliphatic rings. The first-order valence-electron chi connectivity index (χ1n) is 10.7. The smallest absolute Gasteiger partial charge is 0.293 e. The van der Waals surface area contributed by atoms with E-state index in [-0.39, 0.29) is 11.8 Å². The highest BCUT2D eigenvalue weighted by molar-refractivity contribution is 5.78. The molecule has 1 aliphatic heterocycles. The number of aromatic amines is 1. The van der Waals surface area contributed by atoms with Gasteiger partial charge in [0, 0.05) is 17.0 Å². The number of pyridine rings is 1. The Bertz CT molecular complexity index is 938. The number of hydrogen-bond donors (Lipinski definition) is 0. The Morgan fingerprint density at radius 3 is 2.31 bits per heavy atom. The molecule has 1 aliphatic carbocycles. The van der Waals surface area contributed by atoms with Crippen LogP contribution in [0.3, 0.4) is 0 Å². The van der Waals surface area contributed by atoms with Crippen molar-refractivity contribution in [1.82, 2.24) is 4.90 Å². The van der Waals surface area contributed by atoms with Gasteiger partial charge in [0.1, 0.15) is 30.4 Å². The van der Waals surface area contributed by atoms with Crippen LogP contribution in [0.5, 0.6) is 0 Å². The maximum Gasteiger partial charge on any atom is 0.293 e. The molecule has 1 aromatic carbocycles. The molecule has 2 heterocycles. The third kappa shape index (κ3) is 3.72. The number of fused-ring (bicyclic) bond motifs is 1. The zero-order chi connectivity index (χ0) is 20.4. The maximum atomic E-state index is 12.3. The van der Waals surface area contributed by atoms with E-state index in [1.807, 2.05) is 24.8 Å². The van der Waals surface area contributed by atoms with Crippen molar-refractivity contribution in [2.45, 2.75) is 39.5 Å². The Morgan fingerprint density at radius 1 is 1.03 bits per heavy atom. The summed E-state index contributed by atoms with van der Waals surface area (Å²) in [6.07, 6.45) is 4.28. The molecule has 0 saturated carbocycles. The van der Waals surface area contributed by atoms with Crippen molar-refractivity contribution >= 4 is 11.7 Å². The van der Waals surface area contributed by atoms with Gasteiger partial charge >= 0.3 is 0 Å². The summed E-state index contributed by atoms with van der Waals surface area (Å²) >= 11 is 0. The van der Waals surface area contributed by atoms with E-state index in [2.05, 4.69) is 40.2 Å². The number of nitrogens with one attached hydrogen (secondary N) is 1. The maximum absolute atomic E-state index is 12.3. The second kappa shape index (κ2) is 8.24. The molecule has 1 amide bonds. The van der Waals surface area contributed by atoms with Crippen LogP contribution in [0.1, 0.15) is 43.4 Å². The van der Waals surface area contributed by atoms with Crippen LogP contribution in [0.15, 0.2) is 30.3 Å². The molecule has 0 atom stereocenters. The summed E-state index contributed by atoms with van der Waals surface area (Å²) in [5, 5.41) is 10.0. The van der Waals surface area contributed by atoms with Crippen molar-refractivity contribution in [2.75, 3.05) is 31.1 Å². The highest BCUT2D eigenvalue weighted by Gasteiger charge is 2.33. The molecular formula is C24H29N4O+. The second-order valence-corrected chi connectivity index (χ2v) is 8.33. The van der Waals surface area contributed by atoms with E-state index < -0.39 is 0 Å². The van der Waals surface area contributed by atoms with E-state index in [4.69, 9.17) is 0 Å². The number of carbonyl (C=O) groups is 1. The van der Waals surface area contributed by atoms with Crippen LogP contribution in [0, 0.1) is 17.2 Å². The van der Waals surface area contributed by atoms with Gasteiger partial charge in [0.15, 0.2) is 0 Å². The predicted molar refractivity (Wildman–Crippen MR) is 113 cm³/mol. The van der Waals surface area contributed by atoms with E-state index in [1.165, 1.54) is 23.1 Å². The van der Waals surface area contributed by atoms with Crippen LogP contribution in [0.4, 0.5) is 5.82 Å². The van der Waals surface area contributed by atoms with Crippen molar-refractivity contribution in [1.29, 1.82) is 5.26 Å². The van der Waals surface area contributed by atoms with Gasteiger partial charge in [0.05, 0.1) is 13.1 Å². The molecule has 0 spiro atoms. The third-order valence-electron chi connectivity index (χ3n) is 6.13. The number of rotatable bonds is 3. The van der Waals surface area contributed by atoms with Crippen LogP contribution < -0.4 is 9.88 Å². The van der Waals surface area contributed by atoms with E-state index >= 15 is 0 Å². The lowest BCUT2D eigenvalue weighted by Crippen LogP contribution is -2.51. The molecule has 150 valence electrons. The Kier molecular flexibility index (Phi) is 5.53. The number of hydrogen-bond acceptors (Lipinski definition) is 3. The Labute approximate surface area is 173 Å². The SMILES string of the molecule is CC(C)C(=O)N1CCN(c2[nH+]c(-c3ccccc3)c3c(c2C#N)CCCC3)CC1. The fourth-order valence-electron chi connectivity index (χ4n) is 4.58. The van der Waals surface area contributed by atoms with Crippen molar-refractivity contribution in [3.05, 3.63) is 47.0 Å². The van der Waals surface area contributed by atoms with Gasteiger partial charge in [-0.05, 0) is 31.2 Å². The van der Waals surface area contributed by atoms with Crippen LogP contribution in [0.2, 0.25) is 0 Å². The van der Waals surface area contributed by atoms with Gasteiger partial charge in [-0.3, -0.25) is 9.69 Å². The normalized spacial score (nSPS) is 16.5. The molecule has 2 aromatic rings. The van der Waals surface area contributed by atoms with E-state index in [0.717, 1.165) is 49.4 Å². The van der Waals surface area contributed by atoms with Gasteiger partial charge in [0.25, 0.3) is 5.82 Å². The molecule has 0 bridgehead atoms. The van der Waals surface area contributed by atoms with Crippen LogP contribution >= 0.6 is 0 Å². The van der Waals surface area contributed by atoms with Gasteiger partial charge in [-0.15, -0.1) is 0 Å². The molecule has 0 radical (unpaired) electrons. The Balaban J connectivity index is 1.72. The van der Waals surface area contributed by atoms with E-state index in [0.29, 0.717) is 13.1 Å². The van der Waals surface area contributed by atoms with E-state index in [1.54, 1.807) is 0 Å². The first-order valence-corrected chi connectivity index (χ1v) is 10.7. The largest absolute Gasteiger partial charge is 0.335 e. The lowest BCUT2D eigenvalue weighted by atomic mass is 9.86. The summed E-state index contributed by atoms with van der Waals surface area (Å²) in [4.78, 5) is 20.2. The zero-order valence-electron chi connectivity index (χ0n) is 17.4. The van der Waals surface area contributed by atoms with Gasteiger partial charge in [0.2, 0.25) is 5.91 Å². The lowest BCUT2D eigenvalue weighted by molar-refractivity contribution is -0.352. The first-order chi connectivity index (χ1) is 14.1. The highest BCUT2D eigenvalue weighted by Crippen LogP contribution is 2.34. The van der Waals surface area contributed by atoms with Crippen LogP contribution in [0.25, 0.3) is 11.3 Å². The predicted octanol–water partition coefficient (Wildman–Crippen LogP) is 3.22. The summed E-state index contributed by atoms with van der Waals surface area (Å²) < 4.78 is 0. The molecule has 4 rings (SSSR count). The number of H-pyrrole nitrogens is 1. The standard InChI is InChI=1S/C24H28N4O/c1-17(2)24(29)28-14-12-27(13-15-28)23-21(16-25)19-10-6-7-11-20(19)22(26-23)18-8-4-3-5-9-18/h3-5,8-9,17H,6-7,10-15H2,1-2H3/p+1. The van der Waals surface area contributed by atoms with Gasteiger partial charge in [-0.25, -0.2) is 4.98 Å². The summed E-state index contributed by atoms with van der Waals surface area (Å²) in [5.74, 6) is 1.16. The fourth-order valence-corrected chi connectivity index (χ4v) is 4.58. The molecular weight excluding hydrogens is 360 g/mol. The average Bonchev–Trinajstić information content (AvgIpc) is 2.78.